The zero-order valence-electron chi connectivity index (χ0n) is 11.1. The molecule has 1 aliphatic rings. The van der Waals surface area contributed by atoms with Crippen LogP contribution in [0.3, 0.4) is 0 Å². The molecule has 1 aliphatic heterocycles. The second-order valence-electron chi connectivity index (χ2n) is 4.91. The lowest BCUT2D eigenvalue weighted by Gasteiger charge is -2.16. The van der Waals surface area contributed by atoms with Crippen LogP contribution in [-0.4, -0.2) is 49.8 Å². The summed E-state index contributed by atoms with van der Waals surface area (Å²) < 4.78 is 5.21. The van der Waals surface area contributed by atoms with Gasteiger partial charge in [0.1, 0.15) is 0 Å². The lowest BCUT2D eigenvalue weighted by atomic mass is 10.1. The van der Waals surface area contributed by atoms with E-state index >= 15 is 0 Å². The Balaban J connectivity index is 1.56. The molecule has 0 saturated carbocycles. The van der Waals surface area contributed by atoms with Crippen molar-refractivity contribution in [2.24, 2.45) is 5.92 Å². The highest BCUT2D eigenvalue weighted by molar-refractivity contribution is 5.02. The maximum atomic E-state index is 5.21. The summed E-state index contributed by atoms with van der Waals surface area (Å²) in [5, 5.41) is 3.44. The lowest BCUT2D eigenvalue weighted by molar-refractivity contribution is 0.153. The number of rotatable bonds is 7. The fourth-order valence-electron chi connectivity index (χ4n) is 2.44. The molecule has 2 rings (SSSR count). The van der Waals surface area contributed by atoms with Crippen LogP contribution in [0.5, 0.6) is 0 Å². The van der Waals surface area contributed by atoms with Crippen LogP contribution in [0, 0.1) is 5.92 Å². The van der Waals surface area contributed by atoms with Crippen molar-refractivity contribution in [2.45, 2.75) is 13.0 Å². The van der Waals surface area contributed by atoms with E-state index in [0.29, 0.717) is 0 Å². The van der Waals surface area contributed by atoms with Gasteiger partial charge in [-0.15, -0.1) is 0 Å². The molecular formula is C14H23N3O. The number of hydrogen-bond donors (Lipinski definition) is 1. The van der Waals surface area contributed by atoms with E-state index in [0.717, 1.165) is 37.9 Å². The predicted octanol–water partition coefficient (Wildman–Crippen LogP) is 1.14. The van der Waals surface area contributed by atoms with Crippen LogP contribution in [0.25, 0.3) is 0 Å². The van der Waals surface area contributed by atoms with Crippen molar-refractivity contribution >= 4 is 0 Å². The van der Waals surface area contributed by atoms with Crippen LogP contribution in [0.4, 0.5) is 0 Å². The molecule has 1 unspecified atom stereocenters. The van der Waals surface area contributed by atoms with E-state index in [4.69, 9.17) is 4.74 Å². The highest BCUT2D eigenvalue weighted by Gasteiger charge is 2.21. The fraction of sp³-hybridized carbons (Fsp3) is 0.643. The van der Waals surface area contributed by atoms with E-state index in [9.17, 15) is 0 Å². The smallest absolute Gasteiger partial charge is 0.0541 e. The first kappa shape index (κ1) is 13.5. The summed E-state index contributed by atoms with van der Waals surface area (Å²) in [6, 6.07) is 6.03. The molecule has 0 aromatic carbocycles. The number of aromatic nitrogens is 1. The van der Waals surface area contributed by atoms with Gasteiger partial charge in [0.25, 0.3) is 0 Å². The predicted molar refractivity (Wildman–Crippen MR) is 72.4 cm³/mol. The van der Waals surface area contributed by atoms with E-state index in [1.807, 2.05) is 18.3 Å². The SMILES string of the molecule is COCC1CCN(CCNCc2ccccn2)C1. The third-order valence-electron chi connectivity index (χ3n) is 3.41. The minimum absolute atomic E-state index is 0.728. The number of methoxy groups -OCH3 is 1. The van der Waals surface area contributed by atoms with Crippen LogP contribution in [0.15, 0.2) is 24.4 Å². The van der Waals surface area contributed by atoms with Gasteiger partial charge in [0.05, 0.1) is 12.3 Å². The molecule has 1 saturated heterocycles. The Morgan fingerprint density at radius 3 is 3.22 bits per heavy atom. The third kappa shape index (κ3) is 4.37. The normalized spacial score (nSPS) is 20.4. The molecule has 1 aromatic heterocycles. The topological polar surface area (TPSA) is 37.4 Å². The molecule has 0 radical (unpaired) electrons. The Bertz CT molecular complexity index is 331. The molecule has 1 N–H and O–H groups in total. The molecule has 2 heterocycles. The summed E-state index contributed by atoms with van der Waals surface area (Å²) in [5.41, 5.74) is 1.11. The van der Waals surface area contributed by atoms with Gasteiger partial charge in [0.2, 0.25) is 0 Å². The highest BCUT2D eigenvalue weighted by atomic mass is 16.5. The molecule has 100 valence electrons. The average molecular weight is 249 g/mol. The summed E-state index contributed by atoms with van der Waals surface area (Å²) in [4.78, 5) is 6.80. The van der Waals surface area contributed by atoms with Gasteiger partial charge in [-0.2, -0.15) is 0 Å². The largest absolute Gasteiger partial charge is 0.384 e. The van der Waals surface area contributed by atoms with Crippen LogP contribution in [0.1, 0.15) is 12.1 Å². The standard InChI is InChI=1S/C14H23N3O/c1-18-12-13-5-8-17(11-13)9-7-15-10-14-4-2-3-6-16-14/h2-4,6,13,15H,5,7-12H2,1H3. The quantitative estimate of drug-likeness (QED) is 0.735. The van der Waals surface area contributed by atoms with Gasteiger partial charge in [-0.1, -0.05) is 6.07 Å². The van der Waals surface area contributed by atoms with Crippen molar-refractivity contribution in [3.05, 3.63) is 30.1 Å². The molecule has 18 heavy (non-hydrogen) atoms. The maximum absolute atomic E-state index is 5.21. The molecule has 0 amide bonds. The van der Waals surface area contributed by atoms with Crippen molar-refractivity contribution < 1.29 is 4.74 Å². The Morgan fingerprint density at radius 2 is 2.44 bits per heavy atom. The summed E-state index contributed by atoms with van der Waals surface area (Å²) in [5.74, 6) is 0.728. The summed E-state index contributed by atoms with van der Waals surface area (Å²) in [7, 11) is 1.79. The van der Waals surface area contributed by atoms with Gasteiger partial charge in [-0.25, -0.2) is 0 Å². The minimum Gasteiger partial charge on any atom is -0.384 e. The fourth-order valence-corrected chi connectivity index (χ4v) is 2.44. The number of nitrogens with one attached hydrogen (secondary N) is 1. The highest BCUT2D eigenvalue weighted by Crippen LogP contribution is 2.15. The number of ether oxygens (including phenoxy) is 1. The van der Waals surface area contributed by atoms with Crippen LogP contribution in [-0.2, 0) is 11.3 Å². The zero-order chi connectivity index (χ0) is 12.6. The Hall–Kier alpha value is -0.970. The van der Waals surface area contributed by atoms with Crippen molar-refractivity contribution in [1.82, 2.24) is 15.2 Å². The van der Waals surface area contributed by atoms with E-state index in [-0.39, 0.29) is 0 Å². The van der Waals surface area contributed by atoms with E-state index in [2.05, 4.69) is 21.3 Å². The van der Waals surface area contributed by atoms with Crippen molar-refractivity contribution in [2.75, 3.05) is 39.9 Å². The first-order valence-electron chi connectivity index (χ1n) is 6.70. The first-order valence-corrected chi connectivity index (χ1v) is 6.70. The molecule has 4 heteroatoms. The second kappa shape index (κ2) is 7.46. The van der Waals surface area contributed by atoms with Gasteiger partial charge in [0.15, 0.2) is 0 Å². The molecule has 4 nitrogen and oxygen atoms in total. The van der Waals surface area contributed by atoms with Crippen molar-refractivity contribution in [3.8, 4) is 0 Å². The van der Waals surface area contributed by atoms with E-state index in [1.54, 1.807) is 7.11 Å². The van der Waals surface area contributed by atoms with Gasteiger partial charge in [0, 0.05) is 39.5 Å². The Morgan fingerprint density at radius 1 is 1.50 bits per heavy atom. The van der Waals surface area contributed by atoms with Gasteiger partial charge in [-0.3, -0.25) is 4.98 Å². The molecular weight excluding hydrogens is 226 g/mol. The maximum Gasteiger partial charge on any atom is 0.0541 e. The van der Waals surface area contributed by atoms with Crippen LogP contribution >= 0.6 is 0 Å². The lowest BCUT2D eigenvalue weighted by Crippen LogP contribution is -2.30. The molecule has 0 bridgehead atoms. The van der Waals surface area contributed by atoms with Crippen molar-refractivity contribution in [3.63, 3.8) is 0 Å². The van der Waals surface area contributed by atoms with Crippen LogP contribution < -0.4 is 5.32 Å². The molecule has 1 atom stereocenters. The summed E-state index contributed by atoms with van der Waals surface area (Å²) >= 11 is 0. The van der Waals surface area contributed by atoms with Gasteiger partial charge >= 0.3 is 0 Å². The first-order chi connectivity index (χ1) is 8.88. The summed E-state index contributed by atoms with van der Waals surface area (Å²) in [6.45, 7) is 6.29. The molecule has 1 fully saturated rings. The summed E-state index contributed by atoms with van der Waals surface area (Å²) in [6.07, 6.45) is 3.11. The number of likely N-dealkylation sites (tertiary alicyclic amines) is 1. The average Bonchev–Trinajstić information content (AvgIpc) is 2.84. The third-order valence-corrected chi connectivity index (χ3v) is 3.41. The Kier molecular flexibility index (Phi) is 5.58. The van der Waals surface area contributed by atoms with Crippen molar-refractivity contribution in [1.29, 1.82) is 0 Å². The van der Waals surface area contributed by atoms with Gasteiger partial charge in [-0.05, 0) is 31.0 Å². The number of nitrogens with zero attached hydrogens (tertiary/aromatic N) is 2. The molecule has 1 aromatic rings. The Labute approximate surface area is 109 Å². The monoisotopic (exact) mass is 249 g/mol. The number of hydrogen-bond acceptors (Lipinski definition) is 4. The second-order valence-corrected chi connectivity index (χ2v) is 4.91. The zero-order valence-corrected chi connectivity index (χ0v) is 11.1. The van der Waals surface area contributed by atoms with Crippen LogP contribution in [0.2, 0.25) is 0 Å². The van der Waals surface area contributed by atoms with Gasteiger partial charge < -0.3 is 15.0 Å². The molecule has 0 aliphatic carbocycles. The van der Waals surface area contributed by atoms with E-state index in [1.165, 1.54) is 19.5 Å². The molecule has 0 spiro atoms. The minimum atomic E-state index is 0.728. The van der Waals surface area contributed by atoms with E-state index < -0.39 is 0 Å². The number of pyridine rings is 1.